The fourth-order valence-corrected chi connectivity index (χ4v) is 2.72. The van der Waals surface area contributed by atoms with Gasteiger partial charge in [-0.05, 0) is 36.6 Å². The fourth-order valence-electron chi connectivity index (χ4n) is 1.88. The Morgan fingerprint density at radius 2 is 2.20 bits per heavy atom. The van der Waals surface area contributed by atoms with Crippen LogP contribution in [0.3, 0.4) is 0 Å². The predicted molar refractivity (Wildman–Crippen MR) is 83.3 cm³/mol. The van der Waals surface area contributed by atoms with Gasteiger partial charge in [0, 0.05) is 10.7 Å². The first-order valence-corrected chi connectivity index (χ1v) is 7.48. The molecule has 0 bridgehead atoms. The van der Waals surface area contributed by atoms with Gasteiger partial charge in [0.1, 0.15) is 11.5 Å². The van der Waals surface area contributed by atoms with Gasteiger partial charge >= 0.3 is 0 Å². The number of thiophene rings is 1. The van der Waals surface area contributed by atoms with Gasteiger partial charge in [0.05, 0.1) is 11.4 Å². The third kappa shape index (κ3) is 2.86. The van der Waals surface area contributed by atoms with E-state index in [1.165, 1.54) is 0 Å². The number of anilines is 1. The van der Waals surface area contributed by atoms with Crippen molar-refractivity contribution < 1.29 is 4.42 Å². The van der Waals surface area contributed by atoms with Crippen LogP contribution in [0.5, 0.6) is 0 Å². The summed E-state index contributed by atoms with van der Waals surface area (Å²) in [7, 11) is 0. The van der Waals surface area contributed by atoms with E-state index in [1.807, 2.05) is 48.7 Å². The number of benzene rings is 1. The molecule has 1 N–H and O–H groups in total. The van der Waals surface area contributed by atoms with Gasteiger partial charge in [-0.25, -0.2) is 4.98 Å². The third-order valence-electron chi connectivity index (χ3n) is 2.91. The van der Waals surface area contributed by atoms with Crippen molar-refractivity contribution in [3.05, 3.63) is 58.3 Å². The van der Waals surface area contributed by atoms with Crippen LogP contribution in [-0.2, 0) is 6.54 Å². The second-order valence-corrected chi connectivity index (χ2v) is 5.75. The lowest BCUT2D eigenvalue weighted by atomic mass is 10.3. The first-order valence-electron chi connectivity index (χ1n) is 6.22. The van der Waals surface area contributed by atoms with E-state index in [0.29, 0.717) is 17.5 Å². The number of nitrogens with zero attached hydrogens (tertiary/aromatic N) is 1. The Morgan fingerprint density at radius 1 is 1.30 bits per heavy atom. The van der Waals surface area contributed by atoms with E-state index in [2.05, 4.69) is 10.3 Å². The van der Waals surface area contributed by atoms with E-state index < -0.39 is 0 Å². The Kier molecular flexibility index (Phi) is 3.76. The van der Waals surface area contributed by atoms with E-state index in [4.69, 9.17) is 16.0 Å². The molecule has 0 saturated heterocycles. The minimum atomic E-state index is 0.612. The van der Waals surface area contributed by atoms with Crippen LogP contribution >= 0.6 is 22.9 Å². The molecule has 0 spiro atoms. The van der Waals surface area contributed by atoms with E-state index in [1.54, 1.807) is 11.3 Å². The number of hydrogen-bond donors (Lipinski definition) is 1. The molecule has 0 fully saturated rings. The van der Waals surface area contributed by atoms with Gasteiger partial charge in [-0.1, -0.05) is 23.7 Å². The van der Waals surface area contributed by atoms with Gasteiger partial charge in [0.25, 0.3) is 0 Å². The average molecular weight is 305 g/mol. The van der Waals surface area contributed by atoms with Crippen molar-refractivity contribution in [3.63, 3.8) is 0 Å². The largest absolute Gasteiger partial charge is 0.440 e. The minimum absolute atomic E-state index is 0.612. The summed E-state index contributed by atoms with van der Waals surface area (Å²) in [6.45, 7) is 2.54. The predicted octanol–water partition coefficient (Wildman–Crippen LogP) is 4.98. The summed E-state index contributed by atoms with van der Waals surface area (Å²) in [4.78, 5) is 5.58. The van der Waals surface area contributed by atoms with E-state index in [-0.39, 0.29) is 0 Å². The van der Waals surface area contributed by atoms with Crippen LogP contribution in [-0.4, -0.2) is 4.98 Å². The minimum Gasteiger partial charge on any atom is -0.440 e. The molecule has 0 aliphatic heterocycles. The van der Waals surface area contributed by atoms with Crippen molar-refractivity contribution in [2.75, 3.05) is 5.32 Å². The van der Waals surface area contributed by atoms with Crippen LogP contribution < -0.4 is 5.32 Å². The standard InChI is InChI=1S/C15H13ClN2OS/c1-10-13(9-17-12-5-2-4-11(16)8-12)18-15(19-10)14-6-3-7-20-14/h2-8,17H,9H2,1H3. The van der Waals surface area contributed by atoms with Crippen molar-refractivity contribution in [1.29, 1.82) is 0 Å². The van der Waals surface area contributed by atoms with Crippen molar-refractivity contribution in [3.8, 4) is 10.8 Å². The van der Waals surface area contributed by atoms with E-state index in [9.17, 15) is 0 Å². The summed E-state index contributed by atoms with van der Waals surface area (Å²) in [6.07, 6.45) is 0. The maximum absolute atomic E-state index is 5.96. The molecule has 3 nitrogen and oxygen atoms in total. The maximum atomic E-state index is 5.96. The van der Waals surface area contributed by atoms with Gasteiger partial charge in [0.2, 0.25) is 5.89 Å². The van der Waals surface area contributed by atoms with Crippen molar-refractivity contribution >= 4 is 28.6 Å². The Labute approximate surface area is 126 Å². The van der Waals surface area contributed by atoms with Crippen molar-refractivity contribution in [2.45, 2.75) is 13.5 Å². The van der Waals surface area contributed by atoms with Crippen LogP contribution in [0.25, 0.3) is 10.8 Å². The smallest absolute Gasteiger partial charge is 0.236 e. The molecule has 0 aliphatic rings. The molecule has 5 heteroatoms. The average Bonchev–Trinajstić information content (AvgIpc) is 3.06. The molecule has 20 heavy (non-hydrogen) atoms. The normalized spacial score (nSPS) is 10.7. The van der Waals surface area contributed by atoms with Crippen LogP contribution in [0, 0.1) is 6.92 Å². The highest BCUT2D eigenvalue weighted by atomic mass is 35.5. The maximum Gasteiger partial charge on any atom is 0.236 e. The van der Waals surface area contributed by atoms with Crippen LogP contribution in [0.2, 0.25) is 5.02 Å². The number of aromatic nitrogens is 1. The molecule has 1 aromatic carbocycles. The van der Waals surface area contributed by atoms with E-state index >= 15 is 0 Å². The molecule has 2 heterocycles. The lowest BCUT2D eigenvalue weighted by molar-refractivity contribution is 0.541. The summed E-state index contributed by atoms with van der Waals surface area (Å²) < 4.78 is 5.70. The number of nitrogens with one attached hydrogen (secondary N) is 1. The summed E-state index contributed by atoms with van der Waals surface area (Å²) in [6, 6.07) is 11.6. The molecule has 3 rings (SSSR count). The third-order valence-corrected chi connectivity index (χ3v) is 4.00. The van der Waals surface area contributed by atoms with Crippen molar-refractivity contribution in [2.24, 2.45) is 0 Å². The Hall–Kier alpha value is -1.78. The molecule has 3 aromatic rings. The molecule has 0 radical (unpaired) electrons. The zero-order valence-electron chi connectivity index (χ0n) is 10.9. The monoisotopic (exact) mass is 304 g/mol. The molecular formula is C15H13ClN2OS. The molecule has 0 atom stereocenters. The highest BCUT2D eigenvalue weighted by Crippen LogP contribution is 2.26. The lowest BCUT2D eigenvalue weighted by Crippen LogP contribution is -2.00. The molecule has 2 aromatic heterocycles. The summed E-state index contributed by atoms with van der Waals surface area (Å²) >= 11 is 7.58. The SMILES string of the molecule is Cc1oc(-c2cccs2)nc1CNc1cccc(Cl)c1. The molecular weight excluding hydrogens is 292 g/mol. The number of halogens is 1. The van der Waals surface area contributed by atoms with Gasteiger partial charge in [-0.3, -0.25) is 0 Å². The summed E-state index contributed by atoms with van der Waals surface area (Å²) in [5.41, 5.74) is 1.88. The highest BCUT2D eigenvalue weighted by Gasteiger charge is 2.11. The topological polar surface area (TPSA) is 38.1 Å². The summed E-state index contributed by atoms with van der Waals surface area (Å²) in [5.74, 6) is 1.52. The number of oxazole rings is 1. The van der Waals surface area contributed by atoms with Gasteiger partial charge in [-0.2, -0.15) is 0 Å². The molecule has 0 amide bonds. The Bertz CT molecular complexity index is 706. The van der Waals surface area contributed by atoms with Crippen LogP contribution in [0.1, 0.15) is 11.5 Å². The fraction of sp³-hybridized carbons (Fsp3) is 0.133. The van der Waals surface area contributed by atoms with Crippen LogP contribution in [0.15, 0.2) is 46.2 Å². The number of aryl methyl sites for hydroxylation is 1. The Morgan fingerprint density at radius 3 is 2.95 bits per heavy atom. The van der Waals surface area contributed by atoms with Crippen molar-refractivity contribution in [1.82, 2.24) is 4.98 Å². The van der Waals surface area contributed by atoms with Gasteiger partial charge in [-0.15, -0.1) is 11.3 Å². The van der Waals surface area contributed by atoms with Crippen LogP contribution in [0.4, 0.5) is 5.69 Å². The molecule has 102 valence electrons. The first-order chi connectivity index (χ1) is 9.72. The highest BCUT2D eigenvalue weighted by molar-refractivity contribution is 7.13. The van der Waals surface area contributed by atoms with Gasteiger partial charge in [0.15, 0.2) is 0 Å². The molecule has 0 unspecified atom stereocenters. The number of rotatable bonds is 4. The zero-order valence-corrected chi connectivity index (χ0v) is 12.5. The molecule has 0 saturated carbocycles. The van der Waals surface area contributed by atoms with E-state index in [0.717, 1.165) is 22.0 Å². The second kappa shape index (κ2) is 5.69. The lowest BCUT2D eigenvalue weighted by Gasteiger charge is -2.04. The second-order valence-electron chi connectivity index (χ2n) is 4.36. The zero-order chi connectivity index (χ0) is 13.9. The number of hydrogen-bond acceptors (Lipinski definition) is 4. The quantitative estimate of drug-likeness (QED) is 0.739. The Balaban J connectivity index is 1.75. The summed E-state index contributed by atoms with van der Waals surface area (Å²) in [5, 5.41) is 6.02. The van der Waals surface area contributed by atoms with Gasteiger partial charge < -0.3 is 9.73 Å². The first kappa shape index (κ1) is 13.2. The molecule has 0 aliphatic carbocycles.